The molecule has 2 amide bonds. The summed E-state index contributed by atoms with van der Waals surface area (Å²) in [5.41, 5.74) is 1.11. The molecule has 2 aliphatic heterocycles. The molecule has 2 fully saturated rings. The normalized spacial score (nSPS) is 22.5. The number of carbonyl (C=O) groups excluding carboxylic acids is 3. The molecular formula is C31H37FN2O5. The van der Waals surface area contributed by atoms with E-state index in [1.54, 1.807) is 34.6 Å². The van der Waals surface area contributed by atoms with Gasteiger partial charge in [0.05, 0.1) is 12.0 Å². The van der Waals surface area contributed by atoms with Gasteiger partial charge in [-0.3, -0.25) is 14.5 Å². The minimum Gasteiger partial charge on any atom is -0.460 e. The first-order valence-electron chi connectivity index (χ1n) is 13.6. The molecule has 0 radical (unpaired) electrons. The largest absolute Gasteiger partial charge is 0.460 e. The fourth-order valence-electron chi connectivity index (χ4n) is 5.94. The van der Waals surface area contributed by atoms with Gasteiger partial charge in [-0.05, 0) is 63.3 Å². The summed E-state index contributed by atoms with van der Waals surface area (Å²) in [7, 11) is 0. The van der Waals surface area contributed by atoms with Crippen molar-refractivity contribution in [1.29, 1.82) is 0 Å². The molecule has 3 aliphatic rings. The first-order valence-corrected chi connectivity index (χ1v) is 13.6. The zero-order valence-electron chi connectivity index (χ0n) is 23.3. The number of esters is 1. The molecule has 8 heteroatoms. The quantitative estimate of drug-likeness (QED) is 0.467. The van der Waals surface area contributed by atoms with Gasteiger partial charge in [-0.25, -0.2) is 9.18 Å². The van der Waals surface area contributed by atoms with Gasteiger partial charge in [0.2, 0.25) is 5.91 Å². The number of hydrogen-bond donors (Lipinski definition) is 0. The van der Waals surface area contributed by atoms with Gasteiger partial charge in [0.15, 0.2) is 5.67 Å². The van der Waals surface area contributed by atoms with Crippen molar-refractivity contribution in [2.24, 2.45) is 5.41 Å². The van der Waals surface area contributed by atoms with E-state index in [1.807, 2.05) is 36.4 Å². The average Bonchev–Trinajstić information content (AvgIpc) is 3.46. The molecule has 2 aromatic rings. The molecule has 0 bridgehead atoms. The van der Waals surface area contributed by atoms with Gasteiger partial charge in [-0.15, -0.1) is 0 Å². The molecule has 2 heterocycles. The van der Waals surface area contributed by atoms with E-state index >= 15 is 4.39 Å². The summed E-state index contributed by atoms with van der Waals surface area (Å²) in [6.07, 6.45) is -0.285. The highest BCUT2D eigenvalue weighted by Gasteiger charge is 2.61. The van der Waals surface area contributed by atoms with Crippen LogP contribution >= 0.6 is 0 Å². The van der Waals surface area contributed by atoms with Crippen LogP contribution in [0, 0.1) is 5.41 Å². The van der Waals surface area contributed by atoms with Crippen molar-refractivity contribution in [3.63, 3.8) is 0 Å². The Labute approximate surface area is 229 Å². The second kappa shape index (κ2) is 9.65. The average molecular weight is 537 g/mol. The summed E-state index contributed by atoms with van der Waals surface area (Å²) < 4.78 is 27.2. The highest BCUT2D eigenvalue weighted by molar-refractivity contribution is 5.90. The number of rotatable bonds is 6. The lowest BCUT2D eigenvalue weighted by atomic mass is 9.89. The number of likely N-dealkylation sites (tertiary alicyclic amines) is 2. The number of ether oxygens (including phenoxy) is 2. The first-order chi connectivity index (χ1) is 18.3. The Morgan fingerprint density at radius 3 is 2.18 bits per heavy atom. The second-order valence-electron chi connectivity index (χ2n) is 12.6. The third kappa shape index (κ3) is 5.01. The molecule has 0 N–H and O–H groups in total. The lowest BCUT2D eigenvalue weighted by molar-refractivity contribution is -0.166. The Hall–Kier alpha value is -3.42. The van der Waals surface area contributed by atoms with Crippen LogP contribution in [0.1, 0.15) is 64.5 Å². The monoisotopic (exact) mass is 536 g/mol. The summed E-state index contributed by atoms with van der Waals surface area (Å²) in [5, 5.41) is 0. The molecule has 0 spiro atoms. The topological polar surface area (TPSA) is 76.2 Å². The molecule has 2 aromatic carbocycles. The number of hydrogen-bond acceptors (Lipinski definition) is 5. The van der Waals surface area contributed by atoms with Crippen LogP contribution < -0.4 is 0 Å². The van der Waals surface area contributed by atoms with Crippen molar-refractivity contribution in [1.82, 2.24) is 9.80 Å². The first kappa shape index (κ1) is 27.2. The third-order valence-electron chi connectivity index (χ3n) is 8.10. The number of halogens is 1. The molecular weight excluding hydrogens is 499 g/mol. The lowest BCUT2D eigenvalue weighted by Crippen LogP contribution is -2.47. The van der Waals surface area contributed by atoms with Crippen LogP contribution in [0.15, 0.2) is 48.5 Å². The van der Waals surface area contributed by atoms with E-state index < -0.39 is 34.7 Å². The van der Waals surface area contributed by atoms with Gasteiger partial charge in [-0.2, -0.15) is 0 Å². The van der Waals surface area contributed by atoms with Gasteiger partial charge >= 0.3 is 12.1 Å². The number of fused-ring (bicyclic) bond motifs is 4. The van der Waals surface area contributed by atoms with Gasteiger partial charge in [0, 0.05) is 25.4 Å². The smallest absolute Gasteiger partial charge is 0.410 e. The summed E-state index contributed by atoms with van der Waals surface area (Å²) in [6, 6.07) is 14.9. The standard InChI is InChI=1S/C31H37FN2O5/c1-29(2,3)39-27(36)30(4,5)14-16-33-19-31(32)15-17-34(25(31)26(33)35)28(37)38-18-24-22-12-8-6-10-20(22)21-11-7-9-13-23(21)24/h6-13,24-25H,14-19H2,1-5H3/t25-,31-/m0/s1. The van der Waals surface area contributed by atoms with Crippen molar-refractivity contribution in [2.75, 3.05) is 26.2 Å². The van der Waals surface area contributed by atoms with Gasteiger partial charge in [0.1, 0.15) is 18.2 Å². The second-order valence-corrected chi connectivity index (χ2v) is 12.6. The van der Waals surface area contributed by atoms with Gasteiger partial charge < -0.3 is 14.4 Å². The van der Waals surface area contributed by atoms with E-state index in [4.69, 9.17) is 9.47 Å². The fourth-order valence-corrected chi connectivity index (χ4v) is 5.94. The Balaban J connectivity index is 1.23. The Morgan fingerprint density at radius 2 is 1.59 bits per heavy atom. The number of carbonyl (C=O) groups is 3. The summed E-state index contributed by atoms with van der Waals surface area (Å²) in [6.45, 7) is 9.26. The Morgan fingerprint density at radius 1 is 1.00 bits per heavy atom. The van der Waals surface area contributed by atoms with Crippen molar-refractivity contribution >= 4 is 18.0 Å². The van der Waals surface area contributed by atoms with Crippen LogP contribution in [0.25, 0.3) is 11.1 Å². The zero-order valence-corrected chi connectivity index (χ0v) is 23.3. The molecule has 1 aliphatic carbocycles. The fraction of sp³-hybridized carbons (Fsp3) is 0.516. The molecule has 208 valence electrons. The summed E-state index contributed by atoms with van der Waals surface area (Å²) >= 11 is 0. The van der Waals surface area contributed by atoms with Crippen molar-refractivity contribution in [2.45, 2.75) is 70.7 Å². The van der Waals surface area contributed by atoms with E-state index in [-0.39, 0.29) is 44.5 Å². The van der Waals surface area contributed by atoms with Crippen molar-refractivity contribution in [3.05, 3.63) is 59.7 Å². The van der Waals surface area contributed by atoms with E-state index in [1.165, 1.54) is 9.80 Å². The molecule has 39 heavy (non-hydrogen) atoms. The zero-order chi connectivity index (χ0) is 28.2. The molecule has 0 saturated carbocycles. The number of amides is 2. The predicted octanol–water partition coefficient (Wildman–Crippen LogP) is 5.32. The van der Waals surface area contributed by atoms with E-state index in [2.05, 4.69) is 12.1 Å². The van der Waals surface area contributed by atoms with E-state index in [9.17, 15) is 14.4 Å². The molecule has 7 nitrogen and oxygen atoms in total. The third-order valence-corrected chi connectivity index (χ3v) is 8.10. The van der Waals surface area contributed by atoms with E-state index in [0.717, 1.165) is 22.3 Å². The Kier molecular flexibility index (Phi) is 6.72. The molecule has 2 saturated heterocycles. The van der Waals surface area contributed by atoms with Crippen molar-refractivity contribution < 1.29 is 28.2 Å². The van der Waals surface area contributed by atoms with Crippen LogP contribution in [0.4, 0.5) is 9.18 Å². The number of alkyl halides is 1. The SMILES string of the molecule is CC(C)(C)OC(=O)C(C)(C)CCN1C[C@@]2(F)CCN(C(=O)OCC3c4ccccc4-c4ccccc43)[C@H]2C1=O. The minimum absolute atomic E-state index is 0.0690. The predicted molar refractivity (Wildman–Crippen MR) is 145 cm³/mol. The van der Waals surface area contributed by atoms with Crippen LogP contribution in [0.2, 0.25) is 0 Å². The summed E-state index contributed by atoms with van der Waals surface area (Å²) in [5.74, 6) is -0.925. The highest BCUT2D eigenvalue weighted by Crippen LogP contribution is 2.45. The molecule has 5 rings (SSSR count). The molecule has 0 aromatic heterocycles. The van der Waals surface area contributed by atoms with E-state index in [0.29, 0.717) is 6.42 Å². The summed E-state index contributed by atoms with van der Waals surface area (Å²) in [4.78, 5) is 41.8. The van der Waals surface area contributed by atoms with Crippen LogP contribution in [-0.2, 0) is 19.1 Å². The maximum atomic E-state index is 15.9. The lowest BCUT2D eigenvalue weighted by Gasteiger charge is -2.30. The molecule has 0 unspecified atom stereocenters. The van der Waals surface area contributed by atoms with Gasteiger partial charge in [-0.1, -0.05) is 48.5 Å². The van der Waals surface area contributed by atoms with Gasteiger partial charge in [0.25, 0.3) is 0 Å². The van der Waals surface area contributed by atoms with Crippen LogP contribution in [-0.4, -0.2) is 71.3 Å². The van der Waals surface area contributed by atoms with Crippen LogP contribution in [0.5, 0.6) is 0 Å². The number of benzene rings is 2. The minimum atomic E-state index is -1.83. The maximum absolute atomic E-state index is 15.9. The van der Waals surface area contributed by atoms with Crippen LogP contribution in [0.3, 0.4) is 0 Å². The maximum Gasteiger partial charge on any atom is 0.410 e. The molecule has 2 atom stereocenters. The number of nitrogens with zero attached hydrogens (tertiary/aromatic N) is 2. The van der Waals surface area contributed by atoms with Crippen molar-refractivity contribution in [3.8, 4) is 11.1 Å². The highest BCUT2D eigenvalue weighted by atomic mass is 19.1. The Bertz CT molecular complexity index is 1260.